The lowest BCUT2D eigenvalue weighted by Crippen LogP contribution is -2.62. The predicted octanol–water partition coefficient (Wildman–Crippen LogP) is 1.79. The second-order valence-corrected chi connectivity index (χ2v) is 9.04. The van der Waals surface area contributed by atoms with E-state index in [0.29, 0.717) is 0 Å². The van der Waals surface area contributed by atoms with E-state index in [1.807, 2.05) is 0 Å². The Balaban J connectivity index is 1.20. The Morgan fingerprint density at radius 2 is 1.38 bits per heavy atom. The summed E-state index contributed by atoms with van der Waals surface area (Å²) in [7, 11) is 0. The standard InChI is InChI=1S/C18H31N3/c1-3-21(17-11-19-12-17)4-2-20(1)13-18-8-14-5-15(9-18)7-16(6-14)10-18/h14-17,19H,1-13H2. The zero-order chi connectivity index (χ0) is 13.9. The van der Waals surface area contributed by atoms with Gasteiger partial charge in [-0.05, 0) is 61.7 Å². The Bertz CT molecular complexity index is 360. The molecule has 0 atom stereocenters. The Labute approximate surface area is 129 Å². The van der Waals surface area contributed by atoms with Gasteiger partial charge in [0.05, 0.1) is 0 Å². The molecule has 1 N–H and O–H groups in total. The van der Waals surface area contributed by atoms with Crippen molar-refractivity contribution in [1.29, 1.82) is 0 Å². The fourth-order valence-electron chi connectivity index (χ4n) is 6.78. The molecule has 0 unspecified atom stereocenters. The van der Waals surface area contributed by atoms with Crippen molar-refractivity contribution in [2.45, 2.75) is 44.6 Å². The first-order chi connectivity index (χ1) is 10.3. The van der Waals surface area contributed by atoms with E-state index in [9.17, 15) is 0 Å². The minimum Gasteiger partial charge on any atom is -0.314 e. The normalized spacial score (nSPS) is 47.7. The molecule has 118 valence electrons. The van der Waals surface area contributed by atoms with Crippen molar-refractivity contribution < 1.29 is 0 Å². The van der Waals surface area contributed by atoms with E-state index < -0.39 is 0 Å². The van der Waals surface area contributed by atoms with Gasteiger partial charge >= 0.3 is 0 Å². The summed E-state index contributed by atoms with van der Waals surface area (Å²) in [6.07, 6.45) is 9.48. The van der Waals surface area contributed by atoms with E-state index in [1.165, 1.54) is 45.8 Å². The van der Waals surface area contributed by atoms with Crippen LogP contribution in [0.1, 0.15) is 38.5 Å². The van der Waals surface area contributed by atoms with Gasteiger partial charge in [-0.2, -0.15) is 0 Å². The van der Waals surface area contributed by atoms with Crippen LogP contribution in [0.25, 0.3) is 0 Å². The number of nitrogens with one attached hydrogen (secondary N) is 1. The molecular formula is C18H31N3. The molecule has 3 nitrogen and oxygen atoms in total. The summed E-state index contributed by atoms with van der Waals surface area (Å²) in [5.74, 6) is 3.33. The van der Waals surface area contributed by atoms with Crippen LogP contribution in [0.2, 0.25) is 0 Å². The molecule has 0 aromatic carbocycles. The molecule has 4 bridgehead atoms. The van der Waals surface area contributed by atoms with Gasteiger partial charge in [-0.3, -0.25) is 4.90 Å². The molecule has 0 aromatic heterocycles. The smallest absolute Gasteiger partial charge is 0.0346 e. The second kappa shape index (κ2) is 4.94. The first-order valence-electron chi connectivity index (χ1n) is 9.45. The van der Waals surface area contributed by atoms with Crippen LogP contribution < -0.4 is 5.32 Å². The van der Waals surface area contributed by atoms with Gasteiger partial charge < -0.3 is 10.2 Å². The van der Waals surface area contributed by atoms with Gasteiger partial charge in [-0.15, -0.1) is 0 Å². The second-order valence-electron chi connectivity index (χ2n) is 9.04. The number of hydrogen-bond acceptors (Lipinski definition) is 3. The molecule has 6 rings (SSSR count). The van der Waals surface area contributed by atoms with Crippen molar-refractivity contribution in [2.24, 2.45) is 23.2 Å². The fourth-order valence-corrected chi connectivity index (χ4v) is 6.78. The van der Waals surface area contributed by atoms with Gasteiger partial charge in [0.15, 0.2) is 0 Å². The zero-order valence-corrected chi connectivity index (χ0v) is 13.4. The van der Waals surface area contributed by atoms with Crippen molar-refractivity contribution in [2.75, 3.05) is 45.8 Å². The van der Waals surface area contributed by atoms with Gasteiger partial charge in [0.1, 0.15) is 0 Å². The minimum absolute atomic E-state index is 0.745. The summed E-state index contributed by atoms with van der Waals surface area (Å²) >= 11 is 0. The van der Waals surface area contributed by atoms with Gasteiger partial charge in [0, 0.05) is 51.9 Å². The Morgan fingerprint density at radius 3 is 1.86 bits per heavy atom. The molecule has 2 heterocycles. The SMILES string of the molecule is C1C2CC3CC1CC(CN1CCN(C4CNC4)CC1)(C2)C3. The molecule has 0 amide bonds. The van der Waals surface area contributed by atoms with Crippen molar-refractivity contribution >= 4 is 0 Å². The number of hydrogen-bond donors (Lipinski definition) is 1. The maximum atomic E-state index is 3.42. The van der Waals surface area contributed by atoms with E-state index in [-0.39, 0.29) is 0 Å². The number of rotatable bonds is 3. The molecule has 4 saturated carbocycles. The third kappa shape index (κ3) is 2.36. The third-order valence-corrected chi connectivity index (χ3v) is 7.41. The number of piperazine rings is 1. The molecule has 0 aromatic rings. The molecule has 6 aliphatic rings. The van der Waals surface area contributed by atoms with E-state index in [1.54, 1.807) is 38.5 Å². The lowest BCUT2D eigenvalue weighted by atomic mass is 9.49. The Morgan fingerprint density at radius 1 is 0.810 bits per heavy atom. The number of nitrogens with zero attached hydrogens (tertiary/aromatic N) is 2. The van der Waals surface area contributed by atoms with Crippen LogP contribution in [0.3, 0.4) is 0 Å². The quantitative estimate of drug-likeness (QED) is 0.854. The monoisotopic (exact) mass is 289 g/mol. The lowest BCUT2D eigenvalue weighted by Gasteiger charge is -2.58. The van der Waals surface area contributed by atoms with Gasteiger partial charge in [-0.25, -0.2) is 0 Å². The molecule has 4 aliphatic carbocycles. The highest BCUT2D eigenvalue weighted by Gasteiger charge is 2.51. The summed E-state index contributed by atoms with van der Waals surface area (Å²) in [5, 5.41) is 3.42. The topological polar surface area (TPSA) is 18.5 Å². The highest BCUT2D eigenvalue weighted by molar-refractivity contribution is 5.03. The van der Waals surface area contributed by atoms with Crippen molar-refractivity contribution in [3.8, 4) is 0 Å². The molecular weight excluding hydrogens is 258 g/mol. The van der Waals surface area contributed by atoms with Crippen LogP contribution in [-0.2, 0) is 0 Å². The lowest BCUT2D eigenvalue weighted by molar-refractivity contribution is -0.0754. The van der Waals surface area contributed by atoms with Crippen LogP contribution >= 0.6 is 0 Å². The highest BCUT2D eigenvalue weighted by Crippen LogP contribution is 2.60. The minimum atomic E-state index is 0.745. The summed E-state index contributed by atoms with van der Waals surface area (Å²) in [4.78, 5) is 5.56. The zero-order valence-electron chi connectivity index (χ0n) is 13.4. The predicted molar refractivity (Wildman–Crippen MR) is 85.3 cm³/mol. The molecule has 0 spiro atoms. The Hall–Kier alpha value is -0.120. The molecule has 0 radical (unpaired) electrons. The van der Waals surface area contributed by atoms with Crippen molar-refractivity contribution in [3.63, 3.8) is 0 Å². The van der Waals surface area contributed by atoms with E-state index in [4.69, 9.17) is 0 Å². The maximum absolute atomic E-state index is 3.42. The van der Waals surface area contributed by atoms with E-state index >= 15 is 0 Å². The first-order valence-corrected chi connectivity index (χ1v) is 9.45. The summed E-state index contributed by atoms with van der Waals surface area (Å²) < 4.78 is 0. The summed E-state index contributed by atoms with van der Waals surface area (Å²) in [6, 6.07) is 0.853. The van der Waals surface area contributed by atoms with Gasteiger partial charge in [-0.1, -0.05) is 0 Å². The average Bonchev–Trinajstić information content (AvgIpc) is 2.37. The fraction of sp³-hybridized carbons (Fsp3) is 1.00. The maximum Gasteiger partial charge on any atom is 0.0346 e. The third-order valence-electron chi connectivity index (χ3n) is 7.41. The van der Waals surface area contributed by atoms with Gasteiger partial charge in [0.2, 0.25) is 0 Å². The van der Waals surface area contributed by atoms with E-state index in [0.717, 1.165) is 29.2 Å². The van der Waals surface area contributed by atoms with Crippen LogP contribution in [0.5, 0.6) is 0 Å². The first kappa shape index (κ1) is 13.3. The molecule has 6 fully saturated rings. The highest BCUT2D eigenvalue weighted by atomic mass is 15.3. The van der Waals surface area contributed by atoms with Crippen LogP contribution in [-0.4, -0.2) is 61.7 Å². The summed E-state index contributed by atoms with van der Waals surface area (Å²) in [6.45, 7) is 9.20. The largest absolute Gasteiger partial charge is 0.314 e. The molecule has 3 heteroatoms. The van der Waals surface area contributed by atoms with Crippen LogP contribution in [0, 0.1) is 23.2 Å². The van der Waals surface area contributed by atoms with E-state index in [2.05, 4.69) is 15.1 Å². The van der Waals surface area contributed by atoms with Crippen LogP contribution in [0.4, 0.5) is 0 Å². The molecule has 2 aliphatic heterocycles. The molecule has 21 heavy (non-hydrogen) atoms. The molecule has 2 saturated heterocycles. The average molecular weight is 289 g/mol. The van der Waals surface area contributed by atoms with Crippen molar-refractivity contribution in [1.82, 2.24) is 15.1 Å². The summed E-state index contributed by atoms with van der Waals surface area (Å²) in [5.41, 5.74) is 0.745. The van der Waals surface area contributed by atoms with Crippen LogP contribution in [0.15, 0.2) is 0 Å². The Kier molecular flexibility index (Phi) is 3.14. The van der Waals surface area contributed by atoms with Gasteiger partial charge in [0.25, 0.3) is 0 Å². The van der Waals surface area contributed by atoms with Crippen molar-refractivity contribution in [3.05, 3.63) is 0 Å².